The number of nitrogens with one attached hydrogen (secondary N) is 1. The van der Waals surface area contributed by atoms with Crippen LogP contribution in [-0.2, 0) is 17.6 Å². The Morgan fingerprint density at radius 1 is 0.950 bits per heavy atom. The van der Waals surface area contributed by atoms with Crippen LogP contribution in [0.2, 0.25) is 0 Å². The van der Waals surface area contributed by atoms with E-state index in [0.717, 1.165) is 56.7 Å². The SMILES string of the molecule is O=C(N[C@H](C(=O)O)C12CC3CC(CC(C3)C1)C2)c1cc(F)c2ccccc2c1OCc1ccc(C(F)(F)F)cc1. The van der Waals surface area contributed by atoms with E-state index in [1.165, 1.54) is 18.2 Å². The molecule has 0 heterocycles. The molecule has 4 fully saturated rings. The van der Waals surface area contributed by atoms with Crippen molar-refractivity contribution in [2.45, 2.75) is 57.3 Å². The van der Waals surface area contributed by atoms with Crippen LogP contribution in [0.5, 0.6) is 5.75 Å². The Labute approximate surface area is 228 Å². The molecule has 4 saturated carbocycles. The Balaban J connectivity index is 1.31. The molecule has 3 aromatic carbocycles. The quantitative estimate of drug-likeness (QED) is 0.309. The molecule has 0 aromatic heterocycles. The molecule has 0 aliphatic heterocycles. The summed E-state index contributed by atoms with van der Waals surface area (Å²) >= 11 is 0. The van der Waals surface area contributed by atoms with Crippen molar-refractivity contribution in [2.75, 3.05) is 0 Å². The number of carboxylic acid groups (broad SMARTS) is 1. The van der Waals surface area contributed by atoms with E-state index in [1.54, 1.807) is 18.2 Å². The minimum Gasteiger partial charge on any atom is -0.487 e. The lowest BCUT2D eigenvalue weighted by atomic mass is 9.47. The summed E-state index contributed by atoms with van der Waals surface area (Å²) in [6.07, 6.45) is 1.10. The summed E-state index contributed by atoms with van der Waals surface area (Å²) in [5.41, 5.74) is -1.07. The third-order valence-electron chi connectivity index (χ3n) is 9.07. The fourth-order valence-corrected chi connectivity index (χ4v) is 7.79. The van der Waals surface area contributed by atoms with Crippen molar-refractivity contribution in [3.05, 3.63) is 77.1 Å². The number of alkyl halides is 3. The monoisotopic (exact) mass is 555 g/mol. The third-order valence-corrected chi connectivity index (χ3v) is 9.07. The number of rotatable bonds is 7. The van der Waals surface area contributed by atoms with Gasteiger partial charge in [-0.1, -0.05) is 36.4 Å². The zero-order valence-electron chi connectivity index (χ0n) is 21.6. The van der Waals surface area contributed by atoms with Crippen LogP contribution in [0.4, 0.5) is 17.6 Å². The predicted molar refractivity (Wildman–Crippen MR) is 139 cm³/mol. The lowest BCUT2D eigenvalue weighted by Crippen LogP contribution is -2.59. The van der Waals surface area contributed by atoms with Crippen LogP contribution in [0, 0.1) is 29.0 Å². The van der Waals surface area contributed by atoms with E-state index in [-0.39, 0.29) is 23.3 Å². The number of aliphatic carboxylic acids is 1. The third kappa shape index (κ3) is 4.80. The second-order valence-corrected chi connectivity index (χ2v) is 11.8. The molecular weight excluding hydrogens is 526 g/mol. The second kappa shape index (κ2) is 9.78. The summed E-state index contributed by atoms with van der Waals surface area (Å²) in [4.78, 5) is 26.2. The Hall–Kier alpha value is -3.62. The van der Waals surface area contributed by atoms with Gasteiger partial charge in [-0.05, 0) is 80.0 Å². The van der Waals surface area contributed by atoms with Crippen LogP contribution in [0.1, 0.15) is 60.0 Å². The number of amides is 1. The molecule has 0 saturated heterocycles. The van der Waals surface area contributed by atoms with Crippen LogP contribution in [-0.4, -0.2) is 23.0 Å². The highest BCUT2D eigenvalue weighted by molar-refractivity contribution is 6.05. The lowest BCUT2D eigenvalue weighted by Gasteiger charge is -2.58. The van der Waals surface area contributed by atoms with Crippen LogP contribution >= 0.6 is 0 Å². The zero-order chi connectivity index (χ0) is 28.2. The van der Waals surface area contributed by atoms with Crippen LogP contribution in [0.3, 0.4) is 0 Å². The summed E-state index contributed by atoms with van der Waals surface area (Å²) in [6.45, 7) is -0.175. The van der Waals surface area contributed by atoms with Crippen molar-refractivity contribution >= 4 is 22.6 Å². The maximum absolute atomic E-state index is 15.2. The standard InChI is InChI=1S/C31H29F4NO4/c32-25-12-24(28(37)36-27(29(38)39)30-13-18-9-19(14-30)11-20(10-18)15-30)26(23-4-2-1-3-22(23)25)40-16-17-5-7-21(8-6-17)31(33,34)35/h1-8,12,18-20,27H,9-11,13-16H2,(H,36,37)(H,38,39)/t18?,19?,20?,27-,30?/m1/s1. The van der Waals surface area contributed by atoms with Gasteiger partial charge < -0.3 is 15.2 Å². The lowest BCUT2D eigenvalue weighted by molar-refractivity contribution is -0.150. The number of ether oxygens (including phenoxy) is 1. The Morgan fingerprint density at radius 2 is 1.52 bits per heavy atom. The van der Waals surface area contributed by atoms with Gasteiger partial charge in [-0.3, -0.25) is 4.79 Å². The van der Waals surface area contributed by atoms with Gasteiger partial charge in [0.05, 0.1) is 11.1 Å². The molecule has 1 amide bonds. The van der Waals surface area contributed by atoms with Crippen LogP contribution < -0.4 is 10.1 Å². The number of carboxylic acids is 1. The van der Waals surface area contributed by atoms with Crippen molar-refractivity contribution in [3.63, 3.8) is 0 Å². The minimum absolute atomic E-state index is 0.0454. The number of carbonyl (C=O) groups is 2. The van der Waals surface area contributed by atoms with E-state index in [9.17, 15) is 27.9 Å². The van der Waals surface area contributed by atoms with E-state index in [4.69, 9.17) is 4.74 Å². The maximum atomic E-state index is 15.2. The highest BCUT2D eigenvalue weighted by Gasteiger charge is 2.56. The van der Waals surface area contributed by atoms with Gasteiger partial charge in [0.2, 0.25) is 0 Å². The number of hydrogen-bond acceptors (Lipinski definition) is 3. The molecule has 9 heteroatoms. The molecule has 2 N–H and O–H groups in total. The van der Waals surface area contributed by atoms with Gasteiger partial charge in [-0.25, -0.2) is 9.18 Å². The summed E-state index contributed by atoms with van der Waals surface area (Å²) in [5, 5.41) is 13.5. The normalized spacial score (nSPS) is 26.1. The number of hydrogen-bond donors (Lipinski definition) is 2. The van der Waals surface area contributed by atoms with Crippen molar-refractivity contribution in [3.8, 4) is 5.75 Å². The fourth-order valence-electron chi connectivity index (χ4n) is 7.79. The van der Waals surface area contributed by atoms with Gasteiger partial charge in [0.1, 0.15) is 24.2 Å². The van der Waals surface area contributed by atoms with Gasteiger partial charge in [-0.15, -0.1) is 0 Å². The summed E-state index contributed by atoms with van der Waals surface area (Å²) in [6, 6.07) is 10.8. The predicted octanol–water partition coefficient (Wildman–Crippen LogP) is 6.98. The van der Waals surface area contributed by atoms with E-state index >= 15 is 4.39 Å². The molecule has 210 valence electrons. The number of halogens is 4. The van der Waals surface area contributed by atoms with E-state index in [0.29, 0.717) is 28.7 Å². The average molecular weight is 556 g/mol. The largest absolute Gasteiger partial charge is 0.487 e. The van der Waals surface area contributed by atoms with E-state index in [2.05, 4.69) is 5.32 Å². The molecule has 3 aromatic rings. The average Bonchev–Trinajstić information content (AvgIpc) is 2.90. The molecule has 4 aliphatic rings. The highest BCUT2D eigenvalue weighted by atomic mass is 19.4. The van der Waals surface area contributed by atoms with Crippen molar-refractivity contribution < 1.29 is 37.0 Å². The van der Waals surface area contributed by atoms with Gasteiger partial charge in [0, 0.05) is 16.2 Å². The fraction of sp³-hybridized carbons (Fsp3) is 0.419. The Kier molecular flexibility index (Phi) is 6.50. The van der Waals surface area contributed by atoms with Crippen LogP contribution in [0.15, 0.2) is 54.6 Å². The molecule has 5 nitrogen and oxygen atoms in total. The van der Waals surface area contributed by atoms with Crippen LogP contribution in [0.25, 0.3) is 10.8 Å². The first kappa shape index (κ1) is 26.6. The van der Waals surface area contributed by atoms with Gasteiger partial charge in [0.25, 0.3) is 5.91 Å². The number of fused-ring (bicyclic) bond motifs is 1. The summed E-state index contributed by atoms with van der Waals surface area (Å²) in [5.74, 6) is -1.09. The van der Waals surface area contributed by atoms with Gasteiger partial charge in [0.15, 0.2) is 0 Å². The molecule has 7 rings (SSSR count). The molecule has 0 radical (unpaired) electrons. The molecular formula is C31H29F4NO4. The molecule has 1 atom stereocenters. The molecule has 0 unspecified atom stereocenters. The second-order valence-electron chi connectivity index (χ2n) is 11.8. The first-order valence-electron chi connectivity index (χ1n) is 13.6. The van der Waals surface area contributed by atoms with E-state index < -0.39 is 40.9 Å². The summed E-state index contributed by atoms with van der Waals surface area (Å²) in [7, 11) is 0. The maximum Gasteiger partial charge on any atom is 0.416 e. The molecule has 40 heavy (non-hydrogen) atoms. The topological polar surface area (TPSA) is 75.6 Å². The number of benzene rings is 3. The van der Waals surface area contributed by atoms with Crippen molar-refractivity contribution in [1.29, 1.82) is 0 Å². The first-order valence-corrected chi connectivity index (χ1v) is 13.6. The highest BCUT2D eigenvalue weighted by Crippen LogP contribution is 2.61. The first-order chi connectivity index (χ1) is 19.0. The molecule has 0 spiro atoms. The van der Waals surface area contributed by atoms with Gasteiger partial charge in [-0.2, -0.15) is 13.2 Å². The smallest absolute Gasteiger partial charge is 0.416 e. The van der Waals surface area contributed by atoms with Gasteiger partial charge >= 0.3 is 12.1 Å². The molecule has 4 aliphatic carbocycles. The number of carbonyl (C=O) groups excluding carboxylic acids is 1. The van der Waals surface area contributed by atoms with Crippen molar-refractivity contribution in [1.82, 2.24) is 5.32 Å². The Bertz CT molecular complexity index is 1430. The van der Waals surface area contributed by atoms with Crippen molar-refractivity contribution in [2.24, 2.45) is 23.2 Å². The minimum atomic E-state index is -4.48. The Morgan fingerprint density at radius 3 is 2.08 bits per heavy atom. The molecule has 4 bridgehead atoms. The zero-order valence-corrected chi connectivity index (χ0v) is 21.6. The van der Waals surface area contributed by atoms with E-state index in [1.807, 2.05) is 0 Å². The summed E-state index contributed by atoms with van der Waals surface area (Å²) < 4.78 is 60.0.